The molecule has 1 aliphatic heterocycles. The van der Waals surface area contributed by atoms with Crippen molar-refractivity contribution in [2.75, 3.05) is 13.2 Å². The second kappa shape index (κ2) is 6.03. The Morgan fingerprint density at radius 2 is 1.88 bits per heavy atom. The summed E-state index contributed by atoms with van der Waals surface area (Å²) in [5.41, 5.74) is 8.68. The Bertz CT molecular complexity index is 264. The van der Waals surface area contributed by atoms with Crippen LogP contribution in [0.2, 0.25) is 0 Å². The molecule has 1 saturated heterocycles. The van der Waals surface area contributed by atoms with Gasteiger partial charge in [0.2, 0.25) is 5.91 Å². The van der Waals surface area contributed by atoms with Crippen LogP contribution in [0.15, 0.2) is 0 Å². The van der Waals surface area contributed by atoms with Crippen molar-refractivity contribution < 1.29 is 19.1 Å². The van der Waals surface area contributed by atoms with E-state index in [0.717, 1.165) is 0 Å². The van der Waals surface area contributed by atoms with Crippen LogP contribution in [0.25, 0.3) is 0 Å². The highest BCUT2D eigenvalue weighted by atomic mass is 35.5. The summed E-state index contributed by atoms with van der Waals surface area (Å²) in [7, 11) is 0. The van der Waals surface area contributed by atoms with Crippen molar-refractivity contribution >= 4 is 24.3 Å². The molecule has 0 bridgehead atoms. The van der Waals surface area contributed by atoms with Crippen molar-refractivity contribution in [3.05, 3.63) is 0 Å². The summed E-state index contributed by atoms with van der Waals surface area (Å²) in [6.07, 6.45) is 1.02. The van der Waals surface area contributed by atoms with Crippen molar-refractivity contribution in [3.63, 3.8) is 0 Å². The van der Waals surface area contributed by atoms with Crippen molar-refractivity contribution in [1.29, 1.82) is 0 Å². The minimum absolute atomic E-state index is 0. The Morgan fingerprint density at radius 3 is 2.31 bits per heavy atom. The highest BCUT2D eigenvalue weighted by Crippen LogP contribution is 2.13. The lowest BCUT2D eigenvalue weighted by Crippen LogP contribution is -2.57. The van der Waals surface area contributed by atoms with Crippen LogP contribution in [0.1, 0.15) is 19.8 Å². The van der Waals surface area contributed by atoms with Crippen LogP contribution in [0.3, 0.4) is 0 Å². The number of ether oxygens (including phenoxy) is 2. The molecule has 1 amide bonds. The number of primary amides is 1. The van der Waals surface area contributed by atoms with E-state index in [4.69, 9.17) is 20.9 Å². The molecule has 0 spiro atoms. The molecule has 16 heavy (non-hydrogen) atoms. The summed E-state index contributed by atoms with van der Waals surface area (Å²) >= 11 is 0. The molecule has 0 aromatic carbocycles. The van der Waals surface area contributed by atoms with Crippen LogP contribution in [-0.4, -0.2) is 36.7 Å². The highest BCUT2D eigenvalue weighted by molar-refractivity contribution is 6.05. The van der Waals surface area contributed by atoms with Gasteiger partial charge in [0, 0.05) is 12.8 Å². The Kier molecular flexibility index (Phi) is 5.71. The summed E-state index contributed by atoms with van der Waals surface area (Å²) < 4.78 is 10.2. The predicted molar refractivity (Wildman–Crippen MR) is 59.0 cm³/mol. The van der Waals surface area contributed by atoms with Gasteiger partial charge < -0.3 is 20.9 Å². The van der Waals surface area contributed by atoms with E-state index >= 15 is 0 Å². The van der Waals surface area contributed by atoms with Gasteiger partial charge in [-0.3, -0.25) is 4.79 Å². The molecular weight excluding hydrogens is 236 g/mol. The number of esters is 1. The summed E-state index contributed by atoms with van der Waals surface area (Å²) in [5, 5.41) is 0. The predicted octanol–water partition coefficient (Wildman–Crippen LogP) is -0.667. The lowest BCUT2D eigenvalue weighted by molar-refractivity contribution is -0.161. The third-order valence-corrected chi connectivity index (χ3v) is 2.38. The molecule has 1 aliphatic rings. The second-order valence-electron chi connectivity index (χ2n) is 3.78. The molecule has 94 valence electrons. The third kappa shape index (κ3) is 3.62. The quantitative estimate of drug-likeness (QED) is 0.512. The van der Waals surface area contributed by atoms with Gasteiger partial charge in [-0.15, -0.1) is 12.4 Å². The summed E-state index contributed by atoms with van der Waals surface area (Å²) in [6.45, 7) is 2.35. The Labute approximate surface area is 100 Å². The number of hydrogen-bond acceptors (Lipinski definition) is 5. The first-order chi connectivity index (χ1) is 6.94. The van der Waals surface area contributed by atoms with Crippen molar-refractivity contribution in [3.8, 4) is 0 Å². The maximum atomic E-state index is 11.5. The van der Waals surface area contributed by atoms with Gasteiger partial charge in [-0.05, 0) is 6.92 Å². The molecular formula is C9H17ClN2O4. The normalized spacial score (nSPS) is 20.4. The Balaban J connectivity index is 0.00000225. The zero-order valence-corrected chi connectivity index (χ0v) is 9.92. The molecule has 0 saturated carbocycles. The number of rotatable bonds is 3. The SMILES string of the molecule is CC(N)(C(N)=O)C(=O)OC1CCOCC1.Cl. The van der Waals surface area contributed by atoms with Crippen LogP contribution in [0.5, 0.6) is 0 Å². The third-order valence-electron chi connectivity index (χ3n) is 2.38. The fourth-order valence-corrected chi connectivity index (χ4v) is 1.17. The lowest BCUT2D eigenvalue weighted by Gasteiger charge is -2.26. The van der Waals surface area contributed by atoms with E-state index in [9.17, 15) is 9.59 Å². The second-order valence-corrected chi connectivity index (χ2v) is 3.78. The lowest BCUT2D eigenvalue weighted by atomic mass is 10.0. The number of halogens is 1. The van der Waals surface area contributed by atoms with E-state index < -0.39 is 17.4 Å². The van der Waals surface area contributed by atoms with Gasteiger partial charge in [-0.25, -0.2) is 4.79 Å². The number of carbonyl (C=O) groups excluding carboxylic acids is 2. The minimum atomic E-state index is -1.75. The summed E-state index contributed by atoms with van der Waals surface area (Å²) in [5.74, 6) is -1.67. The molecule has 1 heterocycles. The van der Waals surface area contributed by atoms with Gasteiger partial charge in [0.15, 0.2) is 5.54 Å². The topological polar surface area (TPSA) is 105 Å². The van der Waals surface area contributed by atoms with Crippen LogP contribution in [-0.2, 0) is 19.1 Å². The zero-order chi connectivity index (χ0) is 11.5. The minimum Gasteiger partial charge on any atom is -0.460 e. The van der Waals surface area contributed by atoms with E-state index in [1.165, 1.54) is 6.92 Å². The number of amides is 1. The Hall–Kier alpha value is -0.850. The van der Waals surface area contributed by atoms with Crippen LogP contribution >= 0.6 is 12.4 Å². The maximum Gasteiger partial charge on any atom is 0.335 e. The van der Waals surface area contributed by atoms with Gasteiger partial charge in [0.05, 0.1) is 13.2 Å². The van der Waals surface area contributed by atoms with Crippen molar-refractivity contribution in [1.82, 2.24) is 0 Å². The van der Waals surface area contributed by atoms with Gasteiger partial charge in [0.25, 0.3) is 0 Å². The fourth-order valence-electron chi connectivity index (χ4n) is 1.17. The van der Waals surface area contributed by atoms with Crippen LogP contribution < -0.4 is 11.5 Å². The highest BCUT2D eigenvalue weighted by Gasteiger charge is 2.38. The molecule has 1 fully saturated rings. The molecule has 1 rings (SSSR count). The Morgan fingerprint density at radius 1 is 1.38 bits per heavy atom. The molecule has 0 radical (unpaired) electrons. The smallest absolute Gasteiger partial charge is 0.335 e. The number of nitrogens with two attached hydrogens (primary N) is 2. The molecule has 0 aromatic rings. The molecule has 6 nitrogen and oxygen atoms in total. The van der Waals surface area contributed by atoms with E-state index in [1.807, 2.05) is 0 Å². The first-order valence-electron chi connectivity index (χ1n) is 4.82. The summed E-state index contributed by atoms with van der Waals surface area (Å²) in [4.78, 5) is 22.4. The monoisotopic (exact) mass is 252 g/mol. The molecule has 4 N–H and O–H groups in total. The van der Waals surface area contributed by atoms with E-state index in [-0.39, 0.29) is 18.5 Å². The van der Waals surface area contributed by atoms with Gasteiger partial charge in [-0.2, -0.15) is 0 Å². The van der Waals surface area contributed by atoms with Gasteiger partial charge >= 0.3 is 5.97 Å². The molecule has 0 aromatic heterocycles. The van der Waals surface area contributed by atoms with Gasteiger partial charge in [-0.1, -0.05) is 0 Å². The molecule has 0 aliphatic carbocycles. The number of carbonyl (C=O) groups is 2. The molecule has 1 atom stereocenters. The van der Waals surface area contributed by atoms with Crippen LogP contribution in [0, 0.1) is 0 Å². The van der Waals surface area contributed by atoms with Crippen molar-refractivity contribution in [2.45, 2.75) is 31.4 Å². The van der Waals surface area contributed by atoms with E-state index in [2.05, 4.69) is 0 Å². The average Bonchev–Trinajstić information content (AvgIpc) is 2.18. The van der Waals surface area contributed by atoms with Crippen LogP contribution in [0.4, 0.5) is 0 Å². The van der Waals surface area contributed by atoms with Gasteiger partial charge in [0.1, 0.15) is 6.10 Å². The largest absolute Gasteiger partial charge is 0.460 e. The van der Waals surface area contributed by atoms with E-state index in [1.54, 1.807) is 0 Å². The first-order valence-corrected chi connectivity index (χ1v) is 4.82. The standard InChI is InChI=1S/C9H16N2O4.ClH/c1-9(11,7(10)12)8(13)15-6-2-4-14-5-3-6;/h6H,2-5,11H2,1H3,(H2,10,12);1H. The van der Waals surface area contributed by atoms with Crippen molar-refractivity contribution in [2.24, 2.45) is 11.5 Å². The van der Waals surface area contributed by atoms with E-state index in [0.29, 0.717) is 26.1 Å². The average molecular weight is 253 g/mol. The maximum absolute atomic E-state index is 11.5. The molecule has 1 unspecified atom stereocenters. The molecule has 7 heteroatoms. The fraction of sp³-hybridized carbons (Fsp3) is 0.778. The summed E-state index contributed by atoms with van der Waals surface area (Å²) in [6, 6.07) is 0. The zero-order valence-electron chi connectivity index (χ0n) is 9.10. The first kappa shape index (κ1) is 15.2. The number of hydrogen-bond donors (Lipinski definition) is 2.